The van der Waals surface area contributed by atoms with E-state index in [-0.39, 0.29) is 10.6 Å². The first-order valence-electron chi connectivity index (χ1n) is 5.74. The Balaban J connectivity index is 2.48. The van der Waals surface area contributed by atoms with Gasteiger partial charge in [-0.25, -0.2) is 8.42 Å². The van der Waals surface area contributed by atoms with Gasteiger partial charge in [-0.15, -0.1) is 0 Å². The standard InChI is InChI=1S/C13H11Br2ClN2O2S/c1-7-4-10(16)11(17)6-13(7)21(19,20)18-12-5-8(14)2-3-9(12)15/h2-6,18H,17H2,1H3. The van der Waals surface area contributed by atoms with Crippen LogP contribution in [0.5, 0.6) is 0 Å². The summed E-state index contributed by atoms with van der Waals surface area (Å²) in [5.74, 6) is 0. The molecule has 2 rings (SSSR count). The van der Waals surface area contributed by atoms with Crippen molar-refractivity contribution in [2.45, 2.75) is 11.8 Å². The van der Waals surface area contributed by atoms with Gasteiger partial charge in [0.1, 0.15) is 0 Å². The third-order valence-electron chi connectivity index (χ3n) is 2.76. The van der Waals surface area contributed by atoms with Crippen LogP contribution in [0, 0.1) is 6.92 Å². The minimum atomic E-state index is -3.76. The van der Waals surface area contributed by atoms with Gasteiger partial charge in [-0.1, -0.05) is 27.5 Å². The first-order chi connectivity index (χ1) is 9.70. The highest BCUT2D eigenvalue weighted by Gasteiger charge is 2.19. The molecular weight excluding hydrogens is 443 g/mol. The van der Waals surface area contributed by atoms with Crippen molar-refractivity contribution in [2.75, 3.05) is 10.5 Å². The SMILES string of the molecule is Cc1cc(Cl)c(N)cc1S(=O)(=O)Nc1cc(Br)ccc1Br. The zero-order valence-electron chi connectivity index (χ0n) is 10.8. The summed E-state index contributed by atoms with van der Waals surface area (Å²) in [6.45, 7) is 1.66. The minimum Gasteiger partial charge on any atom is -0.397 e. The summed E-state index contributed by atoms with van der Waals surface area (Å²) in [5.41, 5.74) is 6.86. The van der Waals surface area contributed by atoms with Gasteiger partial charge in [0.15, 0.2) is 0 Å². The number of hydrogen-bond acceptors (Lipinski definition) is 3. The van der Waals surface area contributed by atoms with Crippen molar-refractivity contribution in [3.05, 3.63) is 49.9 Å². The molecule has 0 spiro atoms. The molecule has 0 amide bonds. The summed E-state index contributed by atoms with van der Waals surface area (Å²) >= 11 is 12.5. The van der Waals surface area contributed by atoms with Crippen molar-refractivity contribution in [2.24, 2.45) is 0 Å². The van der Waals surface area contributed by atoms with Crippen molar-refractivity contribution in [1.29, 1.82) is 0 Å². The second kappa shape index (κ2) is 6.16. The number of rotatable bonds is 3. The van der Waals surface area contributed by atoms with E-state index >= 15 is 0 Å². The highest BCUT2D eigenvalue weighted by Crippen LogP contribution is 2.31. The summed E-state index contributed by atoms with van der Waals surface area (Å²) < 4.78 is 28.9. The number of hydrogen-bond donors (Lipinski definition) is 2. The fourth-order valence-electron chi connectivity index (χ4n) is 1.73. The molecule has 0 bridgehead atoms. The van der Waals surface area contributed by atoms with Crippen LogP contribution in [0.4, 0.5) is 11.4 Å². The molecule has 3 N–H and O–H groups in total. The maximum absolute atomic E-state index is 12.5. The predicted octanol–water partition coefficient (Wildman–Crippen LogP) is 4.56. The second-order valence-corrected chi connectivity index (χ2v) is 8.20. The Labute approximate surface area is 145 Å². The molecule has 21 heavy (non-hydrogen) atoms. The summed E-state index contributed by atoms with van der Waals surface area (Å²) in [6, 6.07) is 8.09. The molecular formula is C13H11Br2ClN2O2S. The molecule has 0 aromatic heterocycles. The molecule has 0 fully saturated rings. The Morgan fingerprint density at radius 2 is 1.86 bits per heavy atom. The lowest BCUT2D eigenvalue weighted by molar-refractivity contribution is 0.600. The van der Waals surface area contributed by atoms with Gasteiger partial charge >= 0.3 is 0 Å². The van der Waals surface area contributed by atoms with E-state index in [2.05, 4.69) is 36.6 Å². The van der Waals surface area contributed by atoms with E-state index in [0.29, 0.717) is 20.7 Å². The van der Waals surface area contributed by atoms with E-state index in [4.69, 9.17) is 17.3 Å². The van der Waals surface area contributed by atoms with Gasteiger partial charge in [0, 0.05) is 8.95 Å². The lowest BCUT2D eigenvalue weighted by Gasteiger charge is -2.13. The van der Waals surface area contributed by atoms with E-state index < -0.39 is 10.0 Å². The van der Waals surface area contributed by atoms with E-state index in [1.807, 2.05) is 0 Å². The summed E-state index contributed by atoms with van der Waals surface area (Å²) in [7, 11) is -3.76. The Kier molecular flexibility index (Phi) is 4.87. The van der Waals surface area contributed by atoms with Crippen LogP contribution in [-0.4, -0.2) is 8.42 Å². The topological polar surface area (TPSA) is 72.2 Å². The molecule has 0 saturated heterocycles. The van der Waals surface area contributed by atoms with Gasteiger partial charge in [-0.2, -0.15) is 0 Å². The number of aryl methyl sites for hydroxylation is 1. The second-order valence-electron chi connectivity index (χ2n) is 4.37. The van der Waals surface area contributed by atoms with E-state index in [1.54, 1.807) is 25.1 Å². The molecule has 112 valence electrons. The van der Waals surface area contributed by atoms with Crippen LogP contribution in [0.25, 0.3) is 0 Å². The van der Waals surface area contributed by atoms with Crippen LogP contribution in [0.1, 0.15) is 5.56 Å². The summed E-state index contributed by atoms with van der Waals surface area (Å²) in [6.07, 6.45) is 0. The lowest BCUT2D eigenvalue weighted by Crippen LogP contribution is -2.15. The van der Waals surface area contributed by atoms with Crippen molar-refractivity contribution in [3.8, 4) is 0 Å². The van der Waals surface area contributed by atoms with Crippen LogP contribution in [0.3, 0.4) is 0 Å². The highest BCUT2D eigenvalue weighted by atomic mass is 79.9. The molecule has 2 aromatic rings. The Morgan fingerprint density at radius 1 is 1.19 bits per heavy atom. The summed E-state index contributed by atoms with van der Waals surface area (Å²) in [5, 5.41) is 0.329. The number of nitrogens with two attached hydrogens (primary N) is 1. The molecule has 0 atom stereocenters. The highest BCUT2D eigenvalue weighted by molar-refractivity contribution is 9.11. The quantitative estimate of drug-likeness (QED) is 0.668. The molecule has 4 nitrogen and oxygen atoms in total. The maximum Gasteiger partial charge on any atom is 0.262 e. The van der Waals surface area contributed by atoms with Crippen molar-refractivity contribution in [3.63, 3.8) is 0 Å². The van der Waals surface area contributed by atoms with Crippen LogP contribution < -0.4 is 10.5 Å². The third kappa shape index (κ3) is 3.71. The Bertz CT molecular complexity index is 810. The summed E-state index contributed by atoms with van der Waals surface area (Å²) in [4.78, 5) is 0.0938. The fraction of sp³-hybridized carbons (Fsp3) is 0.0769. The number of anilines is 2. The fourth-order valence-corrected chi connectivity index (χ4v) is 4.12. The van der Waals surface area contributed by atoms with Gasteiger partial charge in [0.25, 0.3) is 10.0 Å². The van der Waals surface area contributed by atoms with Crippen LogP contribution >= 0.6 is 43.5 Å². The normalized spacial score (nSPS) is 11.4. The first-order valence-corrected chi connectivity index (χ1v) is 9.19. The predicted molar refractivity (Wildman–Crippen MR) is 93.3 cm³/mol. The zero-order chi connectivity index (χ0) is 15.8. The molecule has 8 heteroatoms. The number of nitrogens with one attached hydrogen (secondary N) is 1. The lowest BCUT2D eigenvalue weighted by atomic mass is 10.2. The minimum absolute atomic E-state index is 0.0938. The van der Waals surface area contributed by atoms with Crippen LogP contribution in [0.2, 0.25) is 5.02 Å². The van der Waals surface area contributed by atoms with Crippen LogP contribution in [0.15, 0.2) is 44.2 Å². The molecule has 0 aliphatic carbocycles. The number of sulfonamides is 1. The number of nitrogen functional groups attached to an aromatic ring is 1. The van der Waals surface area contributed by atoms with Gasteiger partial charge in [0.2, 0.25) is 0 Å². The van der Waals surface area contributed by atoms with Crippen molar-refractivity contribution in [1.82, 2.24) is 0 Å². The van der Waals surface area contributed by atoms with E-state index in [0.717, 1.165) is 4.47 Å². The molecule has 2 aromatic carbocycles. The smallest absolute Gasteiger partial charge is 0.262 e. The zero-order valence-corrected chi connectivity index (χ0v) is 15.6. The van der Waals surface area contributed by atoms with Gasteiger partial charge in [-0.05, 0) is 58.7 Å². The molecule has 0 aliphatic rings. The Hall–Kier alpha value is -0.760. The van der Waals surface area contributed by atoms with Gasteiger partial charge < -0.3 is 5.73 Å². The Morgan fingerprint density at radius 3 is 2.52 bits per heavy atom. The van der Waals surface area contributed by atoms with E-state index in [9.17, 15) is 8.42 Å². The molecule has 0 radical (unpaired) electrons. The van der Waals surface area contributed by atoms with Crippen molar-refractivity contribution >= 4 is 64.9 Å². The van der Waals surface area contributed by atoms with E-state index in [1.165, 1.54) is 12.1 Å². The van der Waals surface area contributed by atoms with Gasteiger partial charge in [-0.3, -0.25) is 4.72 Å². The number of benzene rings is 2. The van der Waals surface area contributed by atoms with Crippen LogP contribution in [-0.2, 0) is 10.0 Å². The average Bonchev–Trinajstić information content (AvgIpc) is 2.37. The average molecular weight is 455 g/mol. The number of halogens is 3. The van der Waals surface area contributed by atoms with Crippen molar-refractivity contribution < 1.29 is 8.42 Å². The maximum atomic E-state index is 12.5. The molecule has 0 saturated carbocycles. The third-order valence-corrected chi connectivity index (χ3v) is 5.78. The monoisotopic (exact) mass is 452 g/mol. The molecule has 0 unspecified atom stereocenters. The largest absolute Gasteiger partial charge is 0.397 e. The molecule has 0 aliphatic heterocycles. The first kappa shape index (κ1) is 16.6. The molecule has 0 heterocycles. The van der Waals surface area contributed by atoms with Gasteiger partial charge in [0.05, 0.1) is 21.3 Å².